The van der Waals surface area contributed by atoms with Crippen LogP contribution in [0, 0.1) is 6.92 Å². The first-order chi connectivity index (χ1) is 20.2. The number of carbonyl (C=O) groups is 1. The zero-order chi connectivity index (χ0) is 29.9. The van der Waals surface area contributed by atoms with Crippen molar-refractivity contribution in [2.45, 2.75) is 32.7 Å². The number of piperidine rings is 1. The van der Waals surface area contributed by atoms with Crippen LogP contribution in [0.3, 0.4) is 0 Å². The number of pyridine rings is 1. The number of fused-ring (bicyclic) bond motifs is 1. The van der Waals surface area contributed by atoms with Crippen molar-refractivity contribution in [2.24, 2.45) is 0 Å². The molecular formula is C29H33N7O5S. The number of amides is 1. The molecule has 0 aliphatic carbocycles. The molecule has 5 rings (SSSR count). The Labute approximate surface area is 244 Å². The smallest absolute Gasteiger partial charge is 0.407 e. The molecule has 2 aromatic heterocycles. The predicted molar refractivity (Wildman–Crippen MR) is 161 cm³/mol. The Balaban J connectivity index is 1.45. The number of nitrogens with zero attached hydrogens (tertiary/aromatic N) is 5. The second-order valence-electron chi connectivity index (χ2n) is 10.1. The lowest BCUT2D eigenvalue weighted by atomic mass is 10.0. The molecule has 13 heteroatoms. The molecule has 0 spiro atoms. The second kappa shape index (κ2) is 12.2. The largest absolute Gasteiger partial charge is 0.465 e. The first-order valence-corrected chi connectivity index (χ1v) is 15.1. The lowest BCUT2D eigenvalue weighted by Gasteiger charge is -2.31. The van der Waals surface area contributed by atoms with Gasteiger partial charge in [-0.05, 0) is 49.6 Å². The summed E-state index contributed by atoms with van der Waals surface area (Å²) in [6, 6.07) is 14.4. The zero-order valence-corrected chi connectivity index (χ0v) is 24.4. The molecule has 1 amide bonds. The van der Waals surface area contributed by atoms with Gasteiger partial charge in [-0.2, -0.15) is 12.7 Å². The van der Waals surface area contributed by atoms with E-state index in [2.05, 4.69) is 25.0 Å². The molecule has 3 N–H and O–H groups in total. The molecule has 42 heavy (non-hydrogen) atoms. The summed E-state index contributed by atoms with van der Waals surface area (Å²) in [7, 11) is -2.21. The minimum Gasteiger partial charge on any atom is -0.465 e. The molecule has 1 atom stereocenters. The molecule has 1 saturated heterocycles. The van der Waals surface area contributed by atoms with Crippen LogP contribution in [0.5, 0.6) is 11.6 Å². The van der Waals surface area contributed by atoms with Crippen molar-refractivity contribution < 1.29 is 23.1 Å². The van der Waals surface area contributed by atoms with Gasteiger partial charge in [0, 0.05) is 55.9 Å². The first kappa shape index (κ1) is 29.0. The van der Waals surface area contributed by atoms with Gasteiger partial charge in [-0.15, -0.1) is 0 Å². The Bertz CT molecular complexity index is 1720. The number of aromatic nitrogens is 3. The number of carboxylic acid groups (broad SMARTS) is 1. The molecule has 0 unspecified atom stereocenters. The maximum atomic E-state index is 12.7. The van der Waals surface area contributed by atoms with Gasteiger partial charge in [-0.25, -0.2) is 19.7 Å². The van der Waals surface area contributed by atoms with Gasteiger partial charge in [0.15, 0.2) is 0 Å². The number of aryl methyl sites for hydroxylation is 1. The Morgan fingerprint density at radius 3 is 2.74 bits per heavy atom. The van der Waals surface area contributed by atoms with Crippen LogP contribution in [0.25, 0.3) is 22.0 Å². The fraction of sp³-hybridized carbons (Fsp3) is 0.310. The van der Waals surface area contributed by atoms with E-state index in [1.54, 1.807) is 43.6 Å². The minimum absolute atomic E-state index is 0.100. The van der Waals surface area contributed by atoms with E-state index < -0.39 is 16.3 Å². The average Bonchev–Trinajstić information content (AvgIpc) is 2.98. The summed E-state index contributed by atoms with van der Waals surface area (Å²) in [5.41, 5.74) is 2.50. The third kappa shape index (κ3) is 6.21. The highest BCUT2D eigenvalue weighted by molar-refractivity contribution is 7.90. The summed E-state index contributed by atoms with van der Waals surface area (Å²) < 4.78 is 35.8. The SMILES string of the molecule is CCN(C)S(=O)(=O)Nc1cccc2c(Oc3ncccc3-c3ccnc(N[C@H]4CCCN(C(=O)O)C4)n3)c(C)ccc12. The first-order valence-electron chi connectivity index (χ1n) is 13.6. The van der Waals surface area contributed by atoms with Crippen molar-refractivity contribution in [3.8, 4) is 22.9 Å². The zero-order valence-electron chi connectivity index (χ0n) is 23.6. The molecule has 220 valence electrons. The molecule has 3 heterocycles. The monoisotopic (exact) mass is 591 g/mol. The normalized spacial score (nSPS) is 15.5. The number of hydrogen-bond acceptors (Lipinski definition) is 8. The molecule has 12 nitrogen and oxygen atoms in total. The van der Waals surface area contributed by atoms with Gasteiger partial charge in [0.25, 0.3) is 0 Å². The summed E-state index contributed by atoms with van der Waals surface area (Å²) in [4.78, 5) is 26.3. The lowest BCUT2D eigenvalue weighted by molar-refractivity contribution is 0.132. The predicted octanol–water partition coefficient (Wildman–Crippen LogP) is 4.96. The van der Waals surface area contributed by atoms with Crippen molar-refractivity contribution in [3.05, 3.63) is 66.5 Å². The standard InChI is InChI=1S/C29H33N7O5S/c1-4-35(3)42(39,40)34-25-11-5-9-22-21(25)13-12-19(2)26(22)41-27-23(10-6-15-30-27)24-14-16-31-28(33-24)32-20-8-7-17-36(18-20)29(37)38/h5-6,9-16,20,34H,4,7-8,17-18H2,1-3H3,(H,37,38)(H,31,32,33)/t20-/m0/s1. The van der Waals surface area contributed by atoms with Crippen LogP contribution < -0.4 is 14.8 Å². The van der Waals surface area contributed by atoms with E-state index in [4.69, 9.17) is 4.74 Å². The van der Waals surface area contributed by atoms with Crippen molar-refractivity contribution in [2.75, 3.05) is 36.7 Å². The Morgan fingerprint density at radius 1 is 1.12 bits per heavy atom. The molecule has 0 saturated carbocycles. The maximum Gasteiger partial charge on any atom is 0.407 e. The van der Waals surface area contributed by atoms with Crippen LogP contribution in [0.2, 0.25) is 0 Å². The minimum atomic E-state index is -3.72. The summed E-state index contributed by atoms with van der Waals surface area (Å²) >= 11 is 0. The van der Waals surface area contributed by atoms with Crippen LogP contribution in [-0.2, 0) is 10.2 Å². The Hall–Kier alpha value is -4.49. The van der Waals surface area contributed by atoms with E-state index in [1.807, 2.05) is 31.2 Å². The number of nitrogens with one attached hydrogen (secondary N) is 2. The number of rotatable bonds is 9. The van der Waals surface area contributed by atoms with Crippen molar-refractivity contribution in [3.63, 3.8) is 0 Å². The molecule has 1 aliphatic heterocycles. The number of ether oxygens (including phenoxy) is 1. The van der Waals surface area contributed by atoms with Gasteiger partial charge >= 0.3 is 16.3 Å². The van der Waals surface area contributed by atoms with Gasteiger partial charge in [0.1, 0.15) is 5.75 Å². The van der Waals surface area contributed by atoms with Gasteiger partial charge in [-0.3, -0.25) is 4.72 Å². The average molecular weight is 592 g/mol. The highest BCUT2D eigenvalue weighted by atomic mass is 32.2. The molecule has 4 aromatic rings. The number of hydrogen-bond donors (Lipinski definition) is 3. The van der Waals surface area contributed by atoms with E-state index in [-0.39, 0.29) is 6.04 Å². The van der Waals surface area contributed by atoms with Crippen LogP contribution in [0.1, 0.15) is 25.3 Å². The van der Waals surface area contributed by atoms with Crippen LogP contribution in [0.15, 0.2) is 60.9 Å². The molecule has 0 radical (unpaired) electrons. The topological polar surface area (TPSA) is 150 Å². The molecular weight excluding hydrogens is 558 g/mol. The van der Waals surface area contributed by atoms with Crippen molar-refractivity contribution in [1.29, 1.82) is 0 Å². The summed E-state index contributed by atoms with van der Waals surface area (Å²) in [6.07, 6.45) is 3.89. The van der Waals surface area contributed by atoms with Crippen molar-refractivity contribution in [1.82, 2.24) is 24.2 Å². The Morgan fingerprint density at radius 2 is 1.95 bits per heavy atom. The van der Waals surface area contributed by atoms with E-state index in [0.717, 1.165) is 23.8 Å². The Kier molecular flexibility index (Phi) is 8.41. The summed E-state index contributed by atoms with van der Waals surface area (Å²) in [5.74, 6) is 1.25. The molecule has 0 bridgehead atoms. The van der Waals surface area contributed by atoms with Gasteiger partial charge in [0.05, 0.1) is 16.9 Å². The van der Waals surface area contributed by atoms with Gasteiger partial charge in [-0.1, -0.05) is 31.2 Å². The lowest BCUT2D eigenvalue weighted by Crippen LogP contribution is -2.44. The molecule has 2 aromatic carbocycles. The van der Waals surface area contributed by atoms with E-state index in [9.17, 15) is 18.3 Å². The number of anilines is 2. The molecule has 1 fully saturated rings. The van der Waals surface area contributed by atoms with Crippen LogP contribution in [-0.4, -0.2) is 76.5 Å². The highest BCUT2D eigenvalue weighted by Crippen LogP contribution is 2.39. The quantitative estimate of drug-likeness (QED) is 0.246. The van der Waals surface area contributed by atoms with E-state index >= 15 is 0 Å². The van der Waals surface area contributed by atoms with E-state index in [1.165, 1.54) is 16.3 Å². The summed E-state index contributed by atoms with van der Waals surface area (Å²) in [5, 5.41) is 14.0. The van der Waals surface area contributed by atoms with E-state index in [0.29, 0.717) is 59.5 Å². The summed E-state index contributed by atoms with van der Waals surface area (Å²) in [6.45, 7) is 4.88. The van der Waals surface area contributed by atoms with Crippen LogP contribution >= 0.6 is 0 Å². The van der Waals surface area contributed by atoms with Crippen molar-refractivity contribution >= 4 is 38.7 Å². The maximum absolute atomic E-state index is 12.7. The fourth-order valence-electron chi connectivity index (χ4n) is 4.84. The third-order valence-electron chi connectivity index (χ3n) is 7.23. The second-order valence-corrected chi connectivity index (χ2v) is 11.8. The van der Waals surface area contributed by atoms with Gasteiger partial charge < -0.3 is 20.1 Å². The third-order valence-corrected chi connectivity index (χ3v) is 8.79. The number of likely N-dealkylation sites (tertiary alicyclic amines) is 1. The molecule has 1 aliphatic rings. The fourth-order valence-corrected chi connectivity index (χ4v) is 5.80. The van der Waals surface area contributed by atoms with Gasteiger partial charge in [0.2, 0.25) is 11.8 Å². The highest BCUT2D eigenvalue weighted by Gasteiger charge is 2.24. The number of benzene rings is 2. The van der Waals surface area contributed by atoms with Crippen LogP contribution in [0.4, 0.5) is 16.4 Å².